The summed E-state index contributed by atoms with van der Waals surface area (Å²) in [6, 6.07) is 0.398. The van der Waals surface area contributed by atoms with E-state index in [1.54, 1.807) is 0 Å². The van der Waals surface area contributed by atoms with E-state index >= 15 is 0 Å². The van der Waals surface area contributed by atoms with Gasteiger partial charge in [0, 0.05) is 13.0 Å². The van der Waals surface area contributed by atoms with Gasteiger partial charge in [-0.05, 0) is 32.4 Å². The normalized spacial score (nSPS) is 29.5. The summed E-state index contributed by atoms with van der Waals surface area (Å²) in [6.07, 6.45) is 3.64. The monoisotopic (exact) mass is 236 g/mol. The number of aliphatic hydroxyl groups is 1. The molecule has 3 rings (SSSR count). The molecule has 0 bridgehead atoms. The number of rotatable bonds is 2. The summed E-state index contributed by atoms with van der Waals surface area (Å²) in [7, 11) is 0. The molecule has 1 fully saturated rings. The van der Waals surface area contributed by atoms with Gasteiger partial charge in [-0.3, -0.25) is 4.90 Å². The van der Waals surface area contributed by atoms with E-state index in [0.29, 0.717) is 12.5 Å². The number of nitrogens with zero attached hydrogens (tertiary/aromatic N) is 4. The molecule has 5 heteroatoms. The van der Waals surface area contributed by atoms with Gasteiger partial charge < -0.3 is 5.11 Å². The Labute approximate surface area is 101 Å². The Morgan fingerprint density at radius 3 is 3.06 bits per heavy atom. The smallest absolute Gasteiger partial charge is 0.168 e. The van der Waals surface area contributed by atoms with Crippen LogP contribution in [-0.2, 0) is 13.0 Å². The van der Waals surface area contributed by atoms with Gasteiger partial charge in [0.25, 0.3) is 0 Å². The van der Waals surface area contributed by atoms with Crippen LogP contribution >= 0.6 is 0 Å². The third-order valence-electron chi connectivity index (χ3n) is 3.92. The Bertz CT molecular complexity index is 403. The van der Waals surface area contributed by atoms with Crippen molar-refractivity contribution in [1.29, 1.82) is 0 Å². The molecular formula is C12H20N4O. The van der Waals surface area contributed by atoms with Crippen molar-refractivity contribution in [3.8, 4) is 0 Å². The number of aromatic nitrogens is 3. The average molecular weight is 236 g/mol. The molecule has 0 aliphatic carbocycles. The van der Waals surface area contributed by atoms with Crippen LogP contribution in [0.15, 0.2) is 0 Å². The van der Waals surface area contributed by atoms with Crippen LogP contribution < -0.4 is 0 Å². The first-order valence-electron chi connectivity index (χ1n) is 6.63. The van der Waals surface area contributed by atoms with Gasteiger partial charge in [0.2, 0.25) is 0 Å². The Hall–Kier alpha value is -0.940. The molecule has 0 radical (unpaired) electrons. The molecule has 2 unspecified atom stereocenters. The van der Waals surface area contributed by atoms with Crippen molar-refractivity contribution in [1.82, 2.24) is 19.7 Å². The molecule has 0 spiro atoms. The fourth-order valence-corrected chi connectivity index (χ4v) is 2.95. The van der Waals surface area contributed by atoms with Gasteiger partial charge in [-0.25, -0.2) is 9.67 Å². The number of hydrogen-bond acceptors (Lipinski definition) is 4. The Morgan fingerprint density at radius 2 is 2.24 bits per heavy atom. The maximum absolute atomic E-state index is 9.64. The minimum atomic E-state index is -0.231. The fourth-order valence-electron chi connectivity index (χ4n) is 2.95. The van der Waals surface area contributed by atoms with E-state index in [4.69, 9.17) is 0 Å². The third kappa shape index (κ3) is 1.98. The van der Waals surface area contributed by atoms with Crippen molar-refractivity contribution >= 4 is 0 Å². The molecule has 1 aromatic rings. The van der Waals surface area contributed by atoms with Crippen molar-refractivity contribution < 1.29 is 5.11 Å². The molecule has 5 nitrogen and oxygen atoms in total. The molecule has 2 atom stereocenters. The predicted molar refractivity (Wildman–Crippen MR) is 63.6 cm³/mol. The lowest BCUT2D eigenvalue weighted by atomic mass is 10.1. The highest BCUT2D eigenvalue weighted by molar-refractivity contribution is 5.03. The summed E-state index contributed by atoms with van der Waals surface area (Å²) in [5, 5.41) is 14.3. The minimum Gasteiger partial charge on any atom is -0.393 e. The van der Waals surface area contributed by atoms with E-state index in [-0.39, 0.29) is 6.10 Å². The van der Waals surface area contributed by atoms with Crippen LogP contribution in [0.4, 0.5) is 0 Å². The Morgan fingerprint density at radius 1 is 1.35 bits per heavy atom. The molecule has 3 heterocycles. The number of aliphatic hydroxyl groups excluding tert-OH is 1. The van der Waals surface area contributed by atoms with Gasteiger partial charge in [0.15, 0.2) is 5.82 Å². The molecule has 0 saturated carbocycles. The zero-order valence-electron chi connectivity index (χ0n) is 10.3. The lowest BCUT2D eigenvalue weighted by molar-refractivity contribution is 0.138. The van der Waals surface area contributed by atoms with E-state index in [0.717, 1.165) is 37.7 Å². The van der Waals surface area contributed by atoms with Crippen LogP contribution in [-0.4, -0.2) is 44.0 Å². The van der Waals surface area contributed by atoms with Crippen LogP contribution in [0.2, 0.25) is 0 Å². The molecule has 2 aliphatic heterocycles. The van der Waals surface area contributed by atoms with Crippen molar-refractivity contribution in [2.75, 3.05) is 13.1 Å². The first-order valence-corrected chi connectivity index (χ1v) is 6.63. The van der Waals surface area contributed by atoms with Crippen LogP contribution in [0.1, 0.15) is 43.9 Å². The third-order valence-corrected chi connectivity index (χ3v) is 3.92. The molecule has 1 saturated heterocycles. The highest BCUT2D eigenvalue weighted by atomic mass is 16.3. The zero-order valence-corrected chi connectivity index (χ0v) is 10.3. The van der Waals surface area contributed by atoms with Gasteiger partial charge in [0.1, 0.15) is 5.82 Å². The first-order chi connectivity index (χ1) is 8.28. The number of hydrogen-bond donors (Lipinski definition) is 1. The minimum absolute atomic E-state index is 0.231. The van der Waals surface area contributed by atoms with E-state index in [2.05, 4.69) is 21.9 Å². The maximum atomic E-state index is 9.64. The standard InChI is InChI=1S/C12H20N4O/c1-2-15-6-3-4-10(15)12-13-11-8-9(17)5-7-16(11)14-12/h9-10,17H,2-8H2,1H3. The van der Waals surface area contributed by atoms with Crippen LogP contribution in [0.3, 0.4) is 0 Å². The summed E-state index contributed by atoms with van der Waals surface area (Å²) < 4.78 is 1.98. The average Bonchev–Trinajstić information content (AvgIpc) is 2.93. The highest BCUT2D eigenvalue weighted by Crippen LogP contribution is 2.30. The van der Waals surface area contributed by atoms with E-state index < -0.39 is 0 Å². The second-order valence-corrected chi connectivity index (χ2v) is 5.04. The molecule has 1 N–H and O–H groups in total. The zero-order chi connectivity index (χ0) is 11.8. The van der Waals surface area contributed by atoms with Crippen molar-refractivity contribution in [2.24, 2.45) is 0 Å². The molecule has 94 valence electrons. The summed E-state index contributed by atoms with van der Waals surface area (Å²) in [6.45, 7) is 5.23. The maximum Gasteiger partial charge on any atom is 0.168 e. The van der Waals surface area contributed by atoms with Gasteiger partial charge >= 0.3 is 0 Å². The molecule has 2 aliphatic rings. The van der Waals surface area contributed by atoms with Crippen LogP contribution in [0, 0.1) is 0 Å². The lowest BCUT2D eigenvalue weighted by Gasteiger charge is -2.19. The molecule has 0 aromatic carbocycles. The van der Waals surface area contributed by atoms with Gasteiger partial charge in [-0.1, -0.05) is 6.92 Å². The number of likely N-dealkylation sites (tertiary alicyclic amines) is 1. The Kier molecular flexibility index (Phi) is 2.88. The van der Waals surface area contributed by atoms with Crippen LogP contribution in [0.25, 0.3) is 0 Å². The summed E-state index contributed by atoms with van der Waals surface area (Å²) >= 11 is 0. The van der Waals surface area contributed by atoms with E-state index in [9.17, 15) is 5.11 Å². The predicted octanol–water partition coefficient (Wildman–Crippen LogP) is 0.742. The van der Waals surface area contributed by atoms with Gasteiger partial charge in [-0.15, -0.1) is 0 Å². The number of fused-ring (bicyclic) bond motifs is 1. The first kappa shape index (κ1) is 11.2. The van der Waals surface area contributed by atoms with E-state index in [1.807, 2.05) is 4.68 Å². The molecule has 1 aromatic heterocycles. The summed E-state index contributed by atoms with van der Waals surface area (Å²) in [5.74, 6) is 1.93. The highest BCUT2D eigenvalue weighted by Gasteiger charge is 2.30. The molecule has 0 amide bonds. The lowest BCUT2D eigenvalue weighted by Crippen LogP contribution is -2.24. The SMILES string of the molecule is CCN1CCCC1c1nc2n(n1)CCC(O)C2. The Balaban J connectivity index is 1.84. The fraction of sp³-hybridized carbons (Fsp3) is 0.833. The van der Waals surface area contributed by atoms with Crippen molar-refractivity contribution in [3.05, 3.63) is 11.6 Å². The molecule has 17 heavy (non-hydrogen) atoms. The largest absolute Gasteiger partial charge is 0.393 e. The summed E-state index contributed by atoms with van der Waals surface area (Å²) in [5.41, 5.74) is 0. The van der Waals surface area contributed by atoms with Crippen molar-refractivity contribution in [2.45, 2.75) is 51.3 Å². The quantitative estimate of drug-likeness (QED) is 0.823. The second kappa shape index (κ2) is 4.38. The topological polar surface area (TPSA) is 54.2 Å². The molecular weight excluding hydrogens is 216 g/mol. The van der Waals surface area contributed by atoms with E-state index in [1.165, 1.54) is 12.8 Å². The number of aryl methyl sites for hydroxylation is 1. The second-order valence-electron chi connectivity index (χ2n) is 5.04. The summed E-state index contributed by atoms with van der Waals surface area (Å²) in [4.78, 5) is 7.07. The van der Waals surface area contributed by atoms with Crippen molar-refractivity contribution in [3.63, 3.8) is 0 Å². The van der Waals surface area contributed by atoms with Crippen LogP contribution in [0.5, 0.6) is 0 Å². The van der Waals surface area contributed by atoms with Gasteiger partial charge in [-0.2, -0.15) is 5.10 Å². The van der Waals surface area contributed by atoms with Gasteiger partial charge in [0.05, 0.1) is 12.1 Å².